The van der Waals surface area contributed by atoms with E-state index in [4.69, 9.17) is 35.3 Å². The molecule has 0 saturated carbocycles. The quantitative estimate of drug-likeness (QED) is 0.283. The molecule has 1 aliphatic heterocycles. The fraction of sp³-hybridized carbons (Fsp3) is 0.308. The molecule has 1 aliphatic rings. The number of aromatic nitrogens is 5. The minimum absolute atomic E-state index is 0.0927. The molecule has 15 heteroatoms. The minimum Gasteiger partial charge on any atom is -0.494 e. The fourth-order valence-corrected chi connectivity index (χ4v) is 5.58. The third-order valence-corrected chi connectivity index (χ3v) is 8.30. The van der Waals surface area contributed by atoms with Crippen LogP contribution in [-0.2, 0) is 14.8 Å². The van der Waals surface area contributed by atoms with Crippen molar-refractivity contribution < 1.29 is 32.1 Å². The van der Waals surface area contributed by atoms with E-state index in [0.717, 1.165) is 0 Å². The van der Waals surface area contributed by atoms with Crippen LogP contribution >= 0.6 is 11.6 Å². The molecule has 0 amide bonds. The van der Waals surface area contributed by atoms with Crippen LogP contribution in [0.15, 0.2) is 54.9 Å². The van der Waals surface area contributed by atoms with Crippen LogP contribution in [0, 0.1) is 0 Å². The van der Waals surface area contributed by atoms with Crippen LogP contribution in [0.1, 0.15) is 30.8 Å². The molecule has 0 aliphatic carbocycles. The molecule has 3 atom stereocenters. The summed E-state index contributed by atoms with van der Waals surface area (Å²) in [7, 11) is 0.157. The van der Waals surface area contributed by atoms with Crippen molar-refractivity contribution in [3.8, 4) is 28.7 Å². The van der Waals surface area contributed by atoms with Crippen LogP contribution in [0.4, 0.5) is 5.95 Å². The summed E-state index contributed by atoms with van der Waals surface area (Å²) in [5, 5.41) is 7.66. The lowest BCUT2D eigenvalue weighted by Crippen LogP contribution is -2.33. The van der Waals surface area contributed by atoms with E-state index in [0.29, 0.717) is 33.7 Å². The fourth-order valence-electron chi connectivity index (χ4n) is 4.35. The van der Waals surface area contributed by atoms with Gasteiger partial charge in [0.1, 0.15) is 35.1 Å². The molecule has 1 N–H and O–H groups in total. The largest absolute Gasteiger partial charge is 0.494 e. The lowest BCUT2D eigenvalue weighted by Gasteiger charge is -2.27. The predicted molar refractivity (Wildman–Crippen MR) is 149 cm³/mol. The van der Waals surface area contributed by atoms with Gasteiger partial charge in [-0.25, -0.2) is 18.4 Å². The average Bonchev–Trinajstić information content (AvgIpc) is 3.39. The normalized spacial score (nSPS) is 16.1. The molecule has 3 heterocycles. The summed E-state index contributed by atoms with van der Waals surface area (Å²) < 4.78 is 60.2. The molecule has 216 valence electrons. The third-order valence-electron chi connectivity index (χ3n) is 6.41. The van der Waals surface area contributed by atoms with Gasteiger partial charge in [0.15, 0.2) is 29.3 Å². The van der Waals surface area contributed by atoms with Gasteiger partial charge in [-0.05, 0) is 31.2 Å². The van der Waals surface area contributed by atoms with Crippen molar-refractivity contribution in [2.75, 3.05) is 32.7 Å². The van der Waals surface area contributed by atoms with Crippen molar-refractivity contribution >= 4 is 27.6 Å². The lowest BCUT2D eigenvalue weighted by atomic mass is 10.2. The second-order valence-electron chi connectivity index (χ2n) is 8.86. The lowest BCUT2D eigenvalue weighted by molar-refractivity contribution is 0.0837. The van der Waals surface area contributed by atoms with E-state index in [2.05, 4.69) is 24.9 Å². The first-order valence-corrected chi connectivity index (χ1v) is 14.3. The summed E-state index contributed by atoms with van der Waals surface area (Å²) in [6.07, 6.45) is 0.957. The Morgan fingerprint density at radius 2 is 1.66 bits per heavy atom. The number of methoxy groups -OCH3 is 3. The Bertz CT molecular complexity index is 1610. The molecule has 0 bridgehead atoms. The van der Waals surface area contributed by atoms with Crippen LogP contribution in [0.3, 0.4) is 0 Å². The van der Waals surface area contributed by atoms with Gasteiger partial charge in [-0.2, -0.15) is 0 Å². The van der Waals surface area contributed by atoms with E-state index in [9.17, 15) is 8.42 Å². The van der Waals surface area contributed by atoms with E-state index in [-0.39, 0.29) is 24.2 Å². The number of anilines is 1. The van der Waals surface area contributed by atoms with Gasteiger partial charge in [-0.3, -0.25) is 9.29 Å². The van der Waals surface area contributed by atoms with Crippen LogP contribution in [-0.4, -0.2) is 66.3 Å². The maximum atomic E-state index is 13.7. The number of para-hydroxylation sites is 3. The van der Waals surface area contributed by atoms with Gasteiger partial charge in [0, 0.05) is 19.5 Å². The van der Waals surface area contributed by atoms with E-state index >= 15 is 0 Å². The summed E-state index contributed by atoms with van der Waals surface area (Å²) in [5.74, 6) is 2.10. The van der Waals surface area contributed by atoms with Gasteiger partial charge in [0.2, 0.25) is 16.0 Å². The van der Waals surface area contributed by atoms with Crippen molar-refractivity contribution in [1.82, 2.24) is 24.7 Å². The predicted octanol–water partition coefficient (Wildman–Crippen LogP) is 3.76. The van der Waals surface area contributed by atoms with Gasteiger partial charge in [0.05, 0.1) is 19.2 Å². The molecule has 4 aromatic rings. The second kappa shape index (κ2) is 11.8. The van der Waals surface area contributed by atoms with Gasteiger partial charge >= 0.3 is 0 Å². The second-order valence-corrected chi connectivity index (χ2v) is 11.3. The number of rotatable bonds is 10. The van der Waals surface area contributed by atoms with Gasteiger partial charge in [0.25, 0.3) is 0 Å². The Morgan fingerprint density at radius 3 is 2.29 bits per heavy atom. The Balaban J connectivity index is 1.58. The van der Waals surface area contributed by atoms with Gasteiger partial charge in [-0.15, -0.1) is 10.2 Å². The summed E-state index contributed by atoms with van der Waals surface area (Å²) in [6.45, 7) is 1.56. The molecule has 0 spiro atoms. The SMILES string of the molecule is COc1cccc(OC)c1-n1c(NS(=O)(=O)C(C)C(OC)c2ncc(Cl)cn2)nnc1[C@@H]1COc2ccccc2O1. The highest BCUT2D eigenvalue weighted by atomic mass is 35.5. The Kier molecular flexibility index (Phi) is 8.15. The molecular formula is C26H27ClN6O7S. The van der Waals surface area contributed by atoms with Gasteiger partial charge in [-0.1, -0.05) is 29.8 Å². The van der Waals surface area contributed by atoms with Crippen molar-refractivity contribution in [3.05, 3.63) is 71.5 Å². The number of halogens is 1. The zero-order chi connectivity index (χ0) is 29.1. The molecule has 0 radical (unpaired) electrons. The van der Waals surface area contributed by atoms with Crippen molar-refractivity contribution in [2.45, 2.75) is 24.4 Å². The van der Waals surface area contributed by atoms with E-state index < -0.39 is 27.5 Å². The van der Waals surface area contributed by atoms with E-state index in [1.807, 2.05) is 12.1 Å². The van der Waals surface area contributed by atoms with Crippen LogP contribution in [0.25, 0.3) is 5.69 Å². The van der Waals surface area contributed by atoms with Crippen molar-refractivity contribution in [1.29, 1.82) is 0 Å². The van der Waals surface area contributed by atoms with Crippen molar-refractivity contribution in [3.63, 3.8) is 0 Å². The first kappa shape index (κ1) is 28.4. The first-order chi connectivity index (χ1) is 19.8. The molecule has 2 aromatic heterocycles. The standard InChI is InChI=1S/C26H27ClN6O7S/c1-15(23(38-4)24-28-12-16(27)13-29-24)41(34,35)32-26-31-30-25(21-14-39-17-8-5-6-9-18(17)40-21)33(26)22-19(36-2)10-7-11-20(22)37-3/h5-13,15,21,23H,14H2,1-4H3,(H,31,32)/t15?,21-,23?/m0/s1. The number of benzene rings is 2. The molecule has 2 aromatic carbocycles. The van der Waals surface area contributed by atoms with E-state index in [1.165, 1.54) is 45.2 Å². The summed E-state index contributed by atoms with van der Waals surface area (Å²) in [5.41, 5.74) is 0.356. The summed E-state index contributed by atoms with van der Waals surface area (Å²) in [4.78, 5) is 8.26. The number of fused-ring (bicyclic) bond motifs is 1. The smallest absolute Gasteiger partial charge is 0.243 e. The highest BCUT2D eigenvalue weighted by Gasteiger charge is 2.36. The summed E-state index contributed by atoms with van der Waals surface area (Å²) >= 11 is 5.90. The maximum absolute atomic E-state index is 13.7. The Labute approximate surface area is 241 Å². The van der Waals surface area contributed by atoms with Crippen LogP contribution in [0.5, 0.6) is 23.0 Å². The highest BCUT2D eigenvalue weighted by Crippen LogP contribution is 2.40. The molecule has 0 fully saturated rings. The molecule has 0 saturated heterocycles. The monoisotopic (exact) mass is 602 g/mol. The Hall–Kier alpha value is -4.14. The minimum atomic E-state index is -4.18. The van der Waals surface area contributed by atoms with Gasteiger partial charge < -0.3 is 23.7 Å². The number of nitrogens with one attached hydrogen (secondary N) is 1. The highest BCUT2D eigenvalue weighted by molar-refractivity contribution is 7.93. The molecular weight excluding hydrogens is 576 g/mol. The van der Waals surface area contributed by atoms with Crippen molar-refractivity contribution in [2.24, 2.45) is 0 Å². The molecule has 13 nitrogen and oxygen atoms in total. The molecule has 41 heavy (non-hydrogen) atoms. The number of ether oxygens (including phenoxy) is 5. The number of hydrogen-bond donors (Lipinski definition) is 1. The van der Waals surface area contributed by atoms with Crippen LogP contribution < -0.4 is 23.7 Å². The first-order valence-electron chi connectivity index (χ1n) is 12.3. The number of sulfonamides is 1. The molecule has 5 rings (SSSR count). The Morgan fingerprint density at radius 1 is 1.00 bits per heavy atom. The number of hydrogen-bond acceptors (Lipinski definition) is 11. The summed E-state index contributed by atoms with van der Waals surface area (Å²) in [6, 6.07) is 12.3. The molecule has 2 unspecified atom stereocenters. The average molecular weight is 603 g/mol. The zero-order valence-corrected chi connectivity index (χ0v) is 24.1. The zero-order valence-electron chi connectivity index (χ0n) is 22.5. The van der Waals surface area contributed by atoms with E-state index in [1.54, 1.807) is 30.3 Å². The topological polar surface area (TPSA) is 149 Å². The third kappa shape index (κ3) is 5.58. The van der Waals surface area contributed by atoms with Crippen LogP contribution in [0.2, 0.25) is 5.02 Å². The maximum Gasteiger partial charge on any atom is 0.243 e. The number of nitrogens with zero attached hydrogens (tertiary/aromatic N) is 5.